The van der Waals surface area contributed by atoms with Gasteiger partial charge in [0.25, 0.3) is 0 Å². The lowest BCUT2D eigenvalue weighted by Gasteiger charge is -2.14. The highest BCUT2D eigenvalue weighted by atomic mass is 35.5. The van der Waals surface area contributed by atoms with Gasteiger partial charge in [0.05, 0.1) is 17.4 Å². The van der Waals surface area contributed by atoms with Gasteiger partial charge in [0.15, 0.2) is 5.82 Å². The van der Waals surface area contributed by atoms with E-state index in [1.54, 1.807) is 24.3 Å². The molecule has 3 rings (SSSR count). The first-order chi connectivity index (χ1) is 12.5. The van der Waals surface area contributed by atoms with Crippen molar-refractivity contribution in [2.45, 2.75) is 18.1 Å². The Labute approximate surface area is 159 Å². The molecule has 3 aromatic rings. The van der Waals surface area contributed by atoms with Crippen molar-refractivity contribution in [3.05, 3.63) is 64.9 Å². The van der Waals surface area contributed by atoms with Crippen LogP contribution in [-0.2, 0) is 4.79 Å². The highest BCUT2D eigenvalue weighted by molar-refractivity contribution is 7.99. The Bertz CT molecular complexity index is 917. The first-order valence-electron chi connectivity index (χ1n) is 7.88. The van der Waals surface area contributed by atoms with E-state index < -0.39 is 0 Å². The lowest BCUT2D eigenvalue weighted by molar-refractivity contribution is -0.119. The minimum atomic E-state index is -0.381. The van der Waals surface area contributed by atoms with E-state index >= 15 is 0 Å². The van der Waals surface area contributed by atoms with Crippen LogP contribution in [0.1, 0.15) is 18.5 Å². The highest BCUT2D eigenvalue weighted by Gasteiger charge is 2.13. The van der Waals surface area contributed by atoms with Crippen molar-refractivity contribution in [1.29, 1.82) is 0 Å². The summed E-state index contributed by atoms with van der Waals surface area (Å²) in [6.45, 7) is 1.89. The maximum Gasteiger partial charge on any atom is 0.230 e. The Morgan fingerprint density at radius 1 is 1.31 bits per heavy atom. The Hall–Kier alpha value is -2.38. The monoisotopic (exact) mass is 390 g/mol. The maximum atomic E-state index is 13.8. The first kappa shape index (κ1) is 18.4. The van der Waals surface area contributed by atoms with Gasteiger partial charge in [-0.15, -0.1) is 5.10 Å². The van der Waals surface area contributed by atoms with Gasteiger partial charge in [0, 0.05) is 5.02 Å². The van der Waals surface area contributed by atoms with Crippen molar-refractivity contribution in [2.24, 2.45) is 0 Å². The number of halogens is 2. The van der Waals surface area contributed by atoms with Crippen LogP contribution in [0.5, 0.6) is 0 Å². The zero-order valence-corrected chi connectivity index (χ0v) is 15.4. The number of carbonyl (C=O) groups is 1. The van der Waals surface area contributed by atoms with E-state index in [9.17, 15) is 9.18 Å². The summed E-state index contributed by atoms with van der Waals surface area (Å²) < 4.78 is 13.8. The number of thioether (sulfide) groups is 1. The van der Waals surface area contributed by atoms with Crippen LogP contribution in [0, 0.1) is 5.82 Å². The second-order valence-corrected chi connectivity index (χ2v) is 6.96. The van der Waals surface area contributed by atoms with Crippen molar-refractivity contribution >= 4 is 29.3 Å². The van der Waals surface area contributed by atoms with Gasteiger partial charge in [-0.3, -0.25) is 9.89 Å². The van der Waals surface area contributed by atoms with Crippen molar-refractivity contribution in [1.82, 2.24) is 20.5 Å². The summed E-state index contributed by atoms with van der Waals surface area (Å²) in [5.74, 6) is -0.0502. The maximum absolute atomic E-state index is 13.8. The molecule has 2 aromatic carbocycles. The molecule has 5 nitrogen and oxygen atoms in total. The molecule has 26 heavy (non-hydrogen) atoms. The summed E-state index contributed by atoms with van der Waals surface area (Å²) in [4.78, 5) is 16.3. The molecule has 1 aromatic heterocycles. The molecule has 0 aliphatic carbocycles. The van der Waals surface area contributed by atoms with E-state index in [1.165, 1.54) is 17.8 Å². The fraction of sp³-hybridized carbons (Fsp3) is 0.167. The van der Waals surface area contributed by atoms with Crippen molar-refractivity contribution in [2.75, 3.05) is 5.75 Å². The molecule has 0 radical (unpaired) electrons. The molecule has 134 valence electrons. The Morgan fingerprint density at radius 3 is 2.88 bits per heavy atom. The summed E-state index contributed by atoms with van der Waals surface area (Å²) >= 11 is 7.14. The minimum Gasteiger partial charge on any atom is -0.349 e. The molecule has 0 bridgehead atoms. The van der Waals surface area contributed by atoms with E-state index in [4.69, 9.17) is 11.6 Å². The fourth-order valence-corrected chi connectivity index (χ4v) is 3.17. The van der Waals surface area contributed by atoms with Gasteiger partial charge in [-0.1, -0.05) is 47.6 Å². The quantitative estimate of drug-likeness (QED) is 0.618. The molecule has 1 atom stereocenters. The molecule has 0 spiro atoms. The van der Waals surface area contributed by atoms with Gasteiger partial charge in [-0.2, -0.15) is 0 Å². The van der Waals surface area contributed by atoms with E-state index in [0.29, 0.717) is 21.6 Å². The molecule has 2 N–H and O–H groups in total. The van der Waals surface area contributed by atoms with Crippen LogP contribution in [0.15, 0.2) is 53.7 Å². The summed E-state index contributed by atoms with van der Waals surface area (Å²) in [5.41, 5.74) is 1.27. The van der Waals surface area contributed by atoms with Gasteiger partial charge in [-0.05, 0) is 36.8 Å². The van der Waals surface area contributed by atoms with E-state index in [-0.39, 0.29) is 23.5 Å². The first-order valence-corrected chi connectivity index (χ1v) is 9.24. The molecule has 1 amide bonds. The van der Waals surface area contributed by atoms with Crippen LogP contribution >= 0.6 is 23.4 Å². The molecule has 0 saturated carbocycles. The topological polar surface area (TPSA) is 70.7 Å². The van der Waals surface area contributed by atoms with E-state index in [1.807, 2.05) is 25.1 Å². The molecule has 1 heterocycles. The summed E-state index contributed by atoms with van der Waals surface area (Å²) in [5, 5.41) is 10.6. The zero-order valence-electron chi connectivity index (χ0n) is 13.9. The highest BCUT2D eigenvalue weighted by Crippen LogP contribution is 2.22. The van der Waals surface area contributed by atoms with Gasteiger partial charge in [0.1, 0.15) is 5.82 Å². The van der Waals surface area contributed by atoms with E-state index in [0.717, 1.165) is 5.56 Å². The number of benzene rings is 2. The lowest BCUT2D eigenvalue weighted by Crippen LogP contribution is -2.28. The second kappa shape index (κ2) is 8.33. The smallest absolute Gasteiger partial charge is 0.230 e. The molecule has 0 saturated heterocycles. The number of carbonyl (C=O) groups excluding carboxylic acids is 1. The average Bonchev–Trinajstić information content (AvgIpc) is 3.09. The third-order valence-corrected chi connectivity index (χ3v) is 4.73. The van der Waals surface area contributed by atoms with Gasteiger partial charge in [0.2, 0.25) is 11.1 Å². The molecule has 0 aliphatic heterocycles. The fourth-order valence-electron chi connectivity index (χ4n) is 2.36. The Kier molecular flexibility index (Phi) is 5.90. The van der Waals surface area contributed by atoms with Crippen LogP contribution in [0.3, 0.4) is 0 Å². The summed E-state index contributed by atoms with van der Waals surface area (Å²) in [6.07, 6.45) is 0. The standard InChI is InChI=1S/C18H16ClFN4OS/c1-11(12-5-4-6-13(19)9-12)21-16(25)10-26-18-22-17(23-24-18)14-7-2-3-8-15(14)20/h2-9,11H,10H2,1H3,(H,21,25)(H,22,23,24)/t11-/m1/s1. The van der Waals surface area contributed by atoms with E-state index in [2.05, 4.69) is 20.5 Å². The van der Waals surface area contributed by atoms with Crippen molar-refractivity contribution in [3.8, 4) is 11.4 Å². The largest absolute Gasteiger partial charge is 0.349 e. The number of rotatable bonds is 6. The minimum absolute atomic E-state index is 0.152. The number of aromatic nitrogens is 3. The number of hydrogen-bond donors (Lipinski definition) is 2. The number of nitrogens with one attached hydrogen (secondary N) is 2. The SMILES string of the molecule is C[C@@H](NC(=O)CSc1n[nH]c(-c2ccccc2F)n1)c1cccc(Cl)c1. The number of amides is 1. The number of H-pyrrole nitrogens is 1. The third-order valence-electron chi connectivity index (χ3n) is 3.65. The summed E-state index contributed by atoms with van der Waals surface area (Å²) in [6, 6.07) is 13.5. The molecule has 0 aliphatic rings. The van der Waals surface area contributed by atoms with Crippen molar-refractivity contribution in [3.63, 3.8) is 0 Å². The predicted octanol–water partition coefficient (Wildman–Crippen LogP) is 4.23. The molecule has 0 unspecified atom stereocenters. The van der Waals surface area contributed by atoms with Crippen LogP contribution in [0.4, 0.5) is 4.39 Å². The van der Waals surface area contributed by atoms with Gasteiger partial charge in [-0.25, -0.2) is 9.37 Å². The second-order valence-electron chi connectivity index (χ2n) is 5.58. The number of hydrogen-bond acceptors (Lipinski definition) is 4. The van der Waals surface area contributed by atoms with Crippen LogP contribution in [0.25, 0.3) is 11.4 Å². The molecular formula is C18H16ClFN4OS. The van der Waals surface area contributed by atoms with Crippen LogP contribution in [-0.4, -0.2) is 26.8 Å². The zero-order chi connectivity index (χ0) is 18.5. The van der Waals surface area contributed by atoms with Crippen molar-refractivity contribution < 1.29 is 9.18 Å². The van der Waals surface area contributed by atoms with Crippen LogP contribution < -0.4 is 5.32 Å². The number of nitrogens with zero attached hydrogens (tertiary/aromatic N) is 2. The lowest BCUT2D eigenvalue weighted by atomic mass is 10.1. The average molecular weight is 391 g/mol. The molecule has 0 fully saturated rings. The predicted molar refractivity (Wildman–Crippen MR) is 101 cm³/mol. The summed E-state index contributed by atoms with van der Waals surface area (Å²) in [7, 11) is 0. The number of aromatic amines is 1. The third kappa shape index (κ3) is 4.62. The Morgan fingerprint density at radius 2 is 2.12 bits per heavy atom. The normalized spacial score (nSPS) is 12.0. The van der Waals surface area contributed by atoms with Crippen LogP contribution in [0.2, 0.25) is 5.02 Å². The molecular weight excluding hydrogens is 375 g/mol. The van der Waals surface area contributed by atoms with Gasteiger partial charge >= 0.3 is 0 Å². The van der Waals surface area contributed by atoms with Gasteiger partial charge < -0.3 is 5.32 Å². The Balaban J connectivity index is 1.56. The molecule has 8 heteroatoms.